The van der Waals surface area contributed by atoms with E-state index in [-0.39, 0.29) is 39.2 Å². The van der Waals surface area contributed by atoms with Crippen LogP contribution in [-0.2, 0) is 30.4 Å². The molecule has 5 aromatic rings. The number of anilines is 1. The molecule has 6 N–H and O–H groups in total. The van der Waals surface area contributed by atoms with E-state index >= 15 is 0 Å². The molecule has 0 aliphatic heterocycles. The van der Waals surface area contributed by atoms with Crippen molar-refractivity contribution in [1.82, 2.24) is 0 Å². The van der Waals surface area contributed by atoms with E-state index in [1.165, 1.54) is 42.5 Å². The first-order valence-corrected chi connectivity index (χ1v) is 16.8. The molecule has 0 bridgehead atoms. The summed E-state index contributed by atoms with van der Waals surface area (Å²) in [6.07, 6.45) is 0. The minimum atomic E-state index is -5.13. The van der Waals surface area contributed by atoms with E-state index in [9.17, 15) is 54.1 Å². The van der Waals surface area contributed by atoms with Gasteiger partial charge in [-0.2, -0.15) is 30.4 Å². The topological polar surface area (TPSA) is 302 Å². The third-order valence-electron chi connectivity index (χ3n) is 6.61. The van der Waals surface area contributed by atoms with Gasteiger partial charge in [0, 0.05) is 28.3 Å². The van der Waals surface area contributed by atoms with Crippen LogP contribution in [0.3, 0.4) is 0 Å². The molecule has 0 fully saturated rings. The van der Waals surface area contributed by atoms with Crippen LogP contribution in [-0.4, -0.2) is 48.9 Å². The summed E-state index contributed by atoms with van der Waals surface area (Å²) in [5.74, 6) is -0.870. The van der Waals surface area contributed by atoms with Crippen molar-refractivity contribution < 1.29 is 48.9 Å². The van der Waals surface area contributed by atoms with Crippen molar-refractivity contribution in [2.75, 3.05) is 5.73 Å². The van der Waals surface area contributed by atoms with Gasteiger partial charge in [0.2, 0.25) is 0 Å². The fraction of sp³-hybridized carbons (Fsp3) is 0. The van der Waals surface area contributed by atoms with Gasteiger partial charge in [0.05, 0.1) is 38.0 Å². The Balaban J connectivity index is 1.65. The van der Waals surface area contributed by atoms with Gasteiger partial charge in [-0.1, -0.05) is 12.1 Å². The monoisotopic (exact) mass is 702 g/mol. The maximum absolute atomic E-state index is 12.0. The summed E-state index contributed by atoms with van der Waals surface area (Å²) in [6, 6.07) is 13.8. The van der Waals surface area contributed by atoms with Gasteiger partial charge in [0.15, 0.2) is 5.75 Å². The van der Waals surface area contributed by atoms with Gasteiger partial charge >= 0.3 is 0 Å². The summed E-state index contributed by atoms with van der Waals surface area (Å²) in [6.45, 7) is 0. The number of nitro groups is 1. The quantitative estimate of drug-likeness (QED) is 0.0423. The molecule has 0 heterocycles. The van der Waals surface area contributed by atoms with E-state index < -0.39 is 72.2 Å². The summed E-state index contributed by atoms with van der Waals surface area (Å²) >= 11 is 0. The Morgan fingerprint density at radius 3 is 1.72 bits per heavy atom. The highest BCUT2D eigenvalue weighted by Gasteiger charge is 2.26. The Morgan fingerprint density at radius 1 is 0.617 bits per heavy atom. The van der Waals surface area contributed by atoms with Crippen molar-refractivity contribution in [2.24, 2.45) is 20.5 Å². The molecule has 5 rings (SSSR count). The highest BCUT2D eigenvalue weighted by atomic mass is 32.2. The molecule has 0 atom stereocenters. The predicted octanol–water partition coefficient (Wildman–Crippen LogP) is 5.76. The maximum atomic E-state index is 12.0. The van der Waals surface area contributed by atoms with E-state index in [1.807, 2.05) is 0 Å². The molecule has 18 nitrogen and oxygen atoms in total. The van der Waals surface area contributed by atoms with E-state index in [1.54, 1.807) is 0 Å². The van der Waals surface area contributed by atoms with E-state index in [4.69, 9.17) is 5.73 Å². The lowest BCUT2D eigenvalue weighted by Gasteiger charge is -2.13. The Bertz CT molecular complexity index is 2540. The van der Waals surface area contributed by atoms with Crippen LogP contribution < -0.4 is 5.73 Å². The summed E-state index contributed by atoms with van der Waals surface area (Å²) in [5, 5.41) is 37.3. The number of aromatic hydroxyl groups is 1. The number of azo groups is 2. The minimum absolute atomic E-state index is 0.0500. The van der Waals surface area contributed by atoms with Crippen LogP contribution in [0.2, 0.25) is 0 Å². The number of nitro benzene ring substituents is 1. The molecule has 47 heavy (non-hydrogen) atoms. The molecule has 5 aromatic carbocycles. The number of benzene rings is 5. The molecule has 0 aliphatic rings. The van der Waals surface area contributed by atoms with Gasteiger partial charge in [-0.3, -0.25) is 23.8 Å². The lowest BCUT2D eigenvalue weighted by Crippen LogP contribution is -2.08. The smallest absolute Gasteiger partial charge is 0.296 e. The van der Waals surface area contributed by atoms with Crippen LogP contribution in [0.4, 0.5) is 34.1 Å². The number of hydrogen-bond donors (Lipinski definition) is 5. The Morgan fingerprint density at radius 2 is 1.15 bits per heavy atom. The molecule has 0 spiro atoms. The van der Waals surface area contributed by atoms with Crippen molar-refractivity contribution in [1.29, 1.82) is 0 Å². The number of phenolic OH excluding ortho intramolecular Hbond substituents is 1. The van der Waals surface area contributed by atoms with Crippen molar-refractivity contribution in [3.05, 3.63) is 82.9 Å². The average molecular weight is 703 g/mol. The molecular weight excluding hydrogens is 685 g/mol. The number of hydrogen-bond acceptors (Lipinski definition) is 14. The van der Waals surface area contributed by atoms with Gasteiger partial charge in [0.25, 0.3) is 36.0 Å². The lowest BCUT2D eigenvalue weighted by atomic mass is 10.1. The number of phenols is 1. The lowest BCUT2D eigenvalue weighted by molar-refractivity contribution is -0.384. The molecule has 0 unspecified atom stereocenters. The number of fused-ring (bicyclic) bond motifs is 2. The highest BCUT2D eigenvalue weighted by molar-refractivity contribution is 7.87. The maximum Gasteiger partial charge on any atom is 0.296 e. The first-order chi connectivity index (χ1) is 21.9. The minimum Gasteiger partial charge on any atom is -0.505 e. The SMILES string of the molecule is Nc1c(S(=O)(=O)O)cc(S(=O)(=O)O)c2ccc(N=Nc3ccc(N=Nc4ccc([N+](=O)[O-])cc4)c4cc(S(=O)(=O)O)ccc34)c(O)c12. The second kappa shape index (κ2) is 11.7. The predicted molar refractivity (Wildman–Crippen MR) is 165 cm³/mol. The van der Waals surface area contributed by atoms with Crippen molar-refractivity contribution >= 4 is 86.0 Å². The number of rotatable bonds is 8. The third kappa shape index (κ3) is 6.60. The first-order valence-electron chi connectivity index (χ1n) is 12.5. The zero-order chi connectivity index (χ0) is 34.5. The van der Waals surface area contributed by atoms with Crippen molar-refractivity contribution in [3.8, 4) is 5.75 Å². The standard InChI is InChI=1S/C26H18N6O12S3/c27-25-23(47(42,43)44)12-22(46(39,40)41)17-7-8-21(26(33)24(17)25)31-30-19-9-10-20(18-11-15(45(36,37)38)5-6-16(18)19)29-28-13-1-3-14(4-2-13)32(34)35/h1-12,33H,27H2,(H,36,37,38)(H,39,40,41)(H,42,43,44). The fourth-order valence-corrected chi connectivity index (χ4v) is 6.40. The molecule has 0 saturated carbocycles. The zero-order valence-corrected chi connectivity index (χ0v) is 25.5. The largest absolute Gasteiger partial charge is 0.505 e. The van der Waals surface area contributed by atoms with Crippen LogP contribution >= 0.6 is 0 Å². The van der Waals surface area contributed by atoms with Gasteiger partial charge in [-0.15, -0.1) is 15.3 Å². The molecule has 0 amide bonds. The number of nitrogen functional groups attached to an aromatic ring is 1. The second-order valence-corrected chi connectivity index (χ2v) is 13.8. The van der Waals surface area contributed by atoms with Crippen molar-refractivity contribution in [3.63, 3.8) is 0 Å². The molecule has 21 heteroatoms. The molecule has 0 aliphatic carbocycles. The van der Waals surface area contributed by atoms with Crippen LogP contribution in [0.1, 0.15) is 0 Å². The average Bonchev–Trinajstić information content (AvgIpc) is 2.98. The first kappa shape index (κ1) is 32.9. The molecule has 0 saturated heterocycles. The van der Waals surface area contributed by atoms with Gasteiger partial charge in [-0.25, -0.2) is 0 Å². The summed E-state index contributed by atoms with van der Waals surface area (Å²) in [5.41, 5.74) is 4.91. The third-order valence-corrected chi connectivity index (χ3v) is 9.25. The van der Waals surface area contributed by atoms with E-state index in [0.717, 1.165) is 24.3 Å². The Kier molecular flexibility index (Phi) is 8.21. The van der Waals surface area contributed by atoms with Crippen LogP contribution in [0, 0.1) is 10.1 Å². The number of nitrogens with two attached hydrogens (primary N) is 1. The van der Waals surface area contributed by atoms with Gasteiger partial charge in [0.1, 0.15) is 15.5 Å². The van der Waals surface area contributed by atoms with Crippen LogP contribution in [0.25, 0.3) is 21.5 Å². The van der Waals surface area contributed by atoms with Gasteiger partial charge in [-0.05, 0) is 48.5 Å². The Hall–Kier alpha value is -5.45. The summed E-state index contributed by atoms with van der Waals surface area (Å²) in [7, 11) is -14.9. The van der Waals surface area contributed by atoms with Gasteiger partial charge < -0.3 is 10.8 Å². The van der Waals surface area contributed by atoms with E-state index in [2.05, 4.69) is 20.5 Å². The van der Waals surface area contributed by atoms with Crippen molar-refractivity contribution in [2.45, 2.75) is 14.7 Å². The summed E-state index contributed by atoms with van der Waals surface area (Å²) in [4.78, 5) is 7.71. The molecule has 0 aromatic heterocycles. The fourth-order valence-electron chi connectivity index (χ4n) is 4.45. The second-order valence-electron chi connectivity index (χ2n) is 9.55. The highest BCUT2D eigenvalue weighted by Crippen LogP contribution is 2.44. The number of non-ortho nitro benzene ring substituents is 1. The van der Waals surface area contributed by atoms with Crippen LogP contribution in [0.5, 0.6) is 5.75 Å². The molecular formula is C26H18N6O12S3. The normalized spacial score (nSPS) is 12.8. The molecule has 242 valence electrons. The Labute approximate surface area is 263 Å². The van der Waals surface area contributed by atoms with Crippen LogP contribution in [0.15, 0.2) is 108 Å². The molecule has 0 radical (unpaired) electrons. The number of nitrogens with zero attached hydrogens (tertiary/aromatic N) is 5. The van der Waals surface area contributed by atoms with E-state index in [0.29, 0.717) is 6.07 Å². The zero-order valence-electron chi connectivity index (χ0n) is 23.0. The summed E-state index contributed by atoms with van der Waals surface area (Å²) < 4.78 is 100.